The molecule has 0 saturated carbocycles. The maximum Gasteiger partial charge on any atom is 0.0805 e. The van der Waals surface area contributed by atoms with E-state index in [0.717, 1.165) is 32.1 Å². The van der Waals surface area contributed by atoms with E-state index in [0.29, 0.717) is 5.92 Å². The Bertz CT molecular complexity index is 444. The van der Waals surface area contributed by atoms with Crippen molar-refractivity contribution in [2.75, 3.05) is 0 Å². The van der Waals surface area contributed by atoms with Crippen molar-refractivity contribution in [1.29, 1.82) is 0 Å². The molecule has 1 aliphatic carbocycles. The molecule has 0 aromatic heterocycles. The number of allylic oxidation sites excluding steroid dienone is 7. The highest BCUT2D eigenvalue weighted by Crippen LogP contribution is 2.21. The predicted molar refractivity (Wildman–Crippen MR) is 93.3 cm³/mol. The van der Waals surface area contributed by atoms with Crippen molar-refractivity contribution in [3.05, 3.63) is 47.1 Å². The van der Waals surface area contributed by atoms with Crippen molar-refractivity contribution in [1.82, 2.24) is 0 Å². The molecule has 1 atom stereocenters. The van der Waals surface area contributed by atoms with Crippen molar-refractivity contribution < 1.29 is 5.11 Å². The normalized spacial score (nSPS) is 34.9. The summed E-state index contributed by atoms with van der Waals surface area (Å²) < 4.78 is 0. The first-order chi connectivity index (χ1) is 9.80. The molecule has 118 valence electrons. The van der Waals surface area contributed by atoms with Gasteiger partial charge in [0.25, 0.3) is 0 Å². The first kappa shape index (κ1) is 18.0. The van der Waals surface area contributed by atoms with E-state index < -0.39 is 5.60 Å². The summed E-state index contributed by atoms with van der Waals surface area (Å²) in [7, 11) is 0. The molecule has 1 N–H and O–H groups in total. The van der Waals surface area contributed by atoms with Gasteiger partial charge in [-0.25, -0.2) is 0 Å². The van der Waals surface area contributed by atoms with Crippen molar-refractivity contribution in [3.63, 3.8) is 0 Å². The SMILES string of the molecule is C/C1=C\CC/C(C)=C/CCC(C)(O)/C=C/C(C(C)C)=C\C1. The average molecular weight is 288 g/mol. The smallest absolute Gasteiger partial charge is 0.0805 e. The average Bonchev–Trinajstić information content (AvgIpc) is 2.37. The fourth-order valence-corrected chi connectivity index (χ4v) is 2.48. The topological polar surface area (TPSA) is 20.2 Å². The second-order valence-electron chi connectivity index (χ2n) is 6.93. The molecule has 0 amide bonds. The molecule has 0 bridgehead atoms. The van der Waals surface area contributed by atoms with Crippen LogP contribution in [0.3, 0.4) is 0 Å². The number of hydrogen-bond acceptors (Lipinski definition) is 1. The van der Waals surface area contributed by atoms with E-state index in [1.165, 1.54) is 16.7 Å². The van der Waals surface area contributed by atoms with Crippen LogP contribution in [-0.2, 0) is 0 Å². The monoisotopic (exact) mass is 288 g/mol. The van der Waals surface area contributed by atoms with Gasteiger partial charge in [0.05, 0.1) is 5.60 Å². The highest BCUT2D eigenvalue weighted by molar-refractivity contribution is 5.25. The molecule has 1 heteroatoms. The van der Waals surface area contributed by atoms with Crippen LogP contribution in [0.5, 0.6) is 0 Å². The summed E-state index contributed by atoms with van der Waals surface area (Å²) >= 11 is 0. The van der Waals surface area contributed by atoms with Crippen LogP contribution in [0.2, 0.25) is 0 Å². The molecule has 1 rings (SSSR count). The van der Waals surface area contributed by atoms with Crippen LogP contribution in [0.1, 0.15) is 66.7 Å². The van der Waals surface area contributed by atoms with Gasteiger partial charge in [0.2, 0.25) is 0 Å². The lowest BCUT2D eigenvalue weighted by molar-refractivity contribution is 0.103. The molecule has 0 aromatic carbocycles. The molecular weight excluding hydrogens is 256 g/mol. The van der Waals surface area contributed by atoms with Gasteiger partial charge in [-0.3, -0.25) is 0 Å². The molecule has 1 aliphatic rings. The summed E-state index contributed by atoms with van der Waals surface area (Å²) in [6.07, 6.45) is 16.0. The van der Waals surface area contributed by atoms with E-state index in [9.17, 15) is 5.11 Å². The van der Waals surface area contributed by atoms with Gasteiger partial charge < -0.3 is 5.11 Å². The van der Waals surface area contributed by atoms with E-state index in [1.807, 2.05) is 13.0 Å². The zero-order chi connectivity index (χ0) is 15.9. The van der Waals surface area contributed by atoms with Gasteiger partial charge in [-0.05, 0) is 64.4 Å². The Kier molecular flexibility index (Phi) is 7.17. The van der Waals surface area contributed by atoms with Crippen LogP contribution >= 0.6 is 0 Å². The first-order valence-electron chi connectivity index (χ1n) is 8.23. The summed E-state index contributed by atoms with van der Waals surface area (Å²) in [6, 6.07) is 0. The quantitative estimate of drug-likeness (QED) is 0.611. The Labute approximate surface area is 131 Å². The summed E-state index contributed by atoms with van der Waals surface area (Å²) in [5.41, 5.74) is 3.44. The molecule has 0 fully saturated rings. The second kappa shape index (κ2) is 8.38. The summed E-state index contributed by atoms with van der Waals surface area (Å²) in [4.78, 5) is 0. The molecule has 0 aromatic rings. The van der Waals surface area contributed by atoms with E-state index in [-0.39, 0.29) is 0 Å². The van der Waals surface area contributed by atoms with E-state index in [4.69, 9.17) is 0 Å². The van der Waals surface area contributed by atoms with Crippen LogP contribution < -0.4 is 0 Å². The van der Waals surface area contributed by atoms with Gasteiger partial charge in [0.1, 0.15) is 0 Å². The molecule has 0 aliphatic heterocycles. The van der Waals surface area contributed by atoms with Crippen LogP contribution in [0.4, 0.5) is 0 Å². The van der Waals surface area contributed by atoms with Gasteiger partial charge in [-0.2, -0.15) is 0 Å². The minimum absolute atomic E-state index is 0.486. The van der Waals surface area contributed by atoms with Crippen molar-refractivity contribution in [2.45, 2.75) is 72.3 Å². The van der Waals surface area contributed by atoms with Crippen molar-refractivity contribution in [3.8, 4) is 0 Å². The van der Waals surface area contributed by atoms with Gasteiger partial charge in [0.15, 0.2) is 0 Å². The highest BCUT2D eigenvalue weighted by atomic mass is 16.3. The summed E-state index contributed by atoms with van der Waals surface area (Å²) in [6.45, 7) is 10.7. The molecule has 0 radical (unpaired) electrons. The molecule has 21 heavy (non-hydrogen) atoms. The van der Waals surface area contributed by atoms with Gasteiger partial charge >= 0.3 is 0 Å². The maximum absolute atomic E-state index is 10.5. The van der Waals surface area contributed by atoms with Gasteiger partial charge in [-0.1, -0.05) is 55.4 Å². The molecule has 0 spiro atoms. The minimum Gasteiger partial charge on any atom is -0.386 e. The lowest BCUT2D eigenvalue weighted by Crippen LogP contribution is -2.20. The molecular formula is C20H32O. The number of aliphatic hydroxyl groups is 1. The Morgan fingerprint density at radius 3 is 2.38 bits per heavy atom. The Balaban J connectivity index is 2.98. The van der Waals surface area contributed by atoms with E-state index >= 15 is 0 Å². The lowest BCUT2D eigenvalue weighted by Gasteiger charge is -2.19. The summed E-state index contributed by atoms with van der Waals surface area (Å²) in [5.74, 6) is 0.486. The van der Waals surface area contributed by atoms with Gasteiger partial charge in [-0.15, -0.1) is 0 Å². The van der Waals surface area contributed by atoms with Gasteiger partial charge in [0, 0.05) is 0 Å². The fraction of sp³-hybridized carbons (Fsp3) is 0.600. The molecule has 1 nitrogen and oxygen atoms in total. The minimum atomic E-state index is -0.722. The standard InChI is InChI=1S/C20H32O/c1-16(2)19-12-11-18(4)9-6-8-17(3)10-7-14-20(5,21)15-13-19/h9-10,12-13,15-16,21H,6-8,11,14H2,1-5H3/b15-13+,17-10+,18-9+,19-12+. The Hall–Kier alpha value is -1.08. The summed E-state index contributed by atoms with van der Waals surface area (Å²) in [5, 5.41) is 10.5. The lowest BCUT2D eigenvalue weighted by atomic mass is 9.93. The number of rotatable bonds is 1. The predicted octanol–water partition coefficient (Wildman–Crippen LogP) is 5.73. The first-order valence-corrected chi connectivity index (χ1v) is 8.23. The zero-order valence-electron chi connectivity index (χ0n) is 14.4. The van der Waals surface area contributed by atoms with Crippen molar-refractivity contribution >= 4 is 0 Å². The maximum atomic E-state index is 10.5. The van der Waals surface area contributed by atoms with Crippen LogP contribution in [0.25, 0.3) is 0 Å². The Morgan fingerprint density at radius 2 is 1.71 bits per heavy atom. The highest BCUT2D eigenvalue weighted by Gasteiger charge is 2.15. The fourth-order valence-electron chi connectivity index (χ4n) is 2.48. The van der Waals surface area contributed by atoms with Crippen LogP contribution in [-0.4, -0.2) is 10.7 Å². The second-order valence-corrected chi connectivity index (χ2v) is 6.93. The largest absolute Gasteiger partial charge is 0.386 e. The molecule has 0 saturated heterocycles. The number of hydrogen-bond donors (Lipinski definition) is 1. The van der Waals surface area contributed by atoms with E-state index in [1.54, 1.807) is 0 Å². The molecule has 0 heterocycles. The van der Waals surface area contributed by atoms with E-state index in [2.05, 4.69) is 52.0 Å². The molecule has 1 unspecified atom stereocenters. The third-order valence-electron chi connectivity index (χ3n) is 4.14. The third-order valence-corrected chi connectivity index (χ3v) is 4.14. The Morgan fingerprint density at radius 1 is 1.05 bits per heavy atom. The third kappa shape index (κ3) is 7.47. The van der Waals surface area contributed by atoms with Crippen LogP contribution in [0.15, 0.2) is 47.1 Å². The van der Waals surface area contributed by atoms with Crippen LogP contribution in [0, 0.1) is 5.92 Å². The zero-order valence-corrected chi connectivity index (χ0v) is 14.4. The van der Waals surface area contributed by atoms with Crippen molar-refractivity contribution in [2.24, 2.45) is 5.92 Å².